The average molecular weight is 468 g/mol. The Morgan fingerprint density at radius 3 is 2.52 bits per heavy atom. The zero-order chi connectivity index (χ0) is 23.0. The second kappa shape index (κ2) is 11.5. The van der Waals surface area contributed by atoms with Crippen molar-refractivity contribution >= 4 is 27.5 Å². The van der Waals surface area contributed by atoms with Crippen molar-refractivity contribution in [2.24, 2.45) is 0 Å². The van der Waals surface area contributed by atoms with E-state index in [0.717, 1.165) is 50.6 Å². The number of hydrogen-bond acceptors (Lipinski definition) is 6. The molecule has 33 heavy (non-hydrogen) atoms. The van der Waals surface area contributed by atoms with Gasteiger partial charge in [0.1, 0.15) is 12.4 Å². The molecular weight excluding hydrogens is 434 g/mol. The maximum atomic E-state index is 12.1. The number of thiophene rings is 1. The smallest absolute Gasteiger partial charge is 0.407 e. The third-order valence-electron chi connectivity index (χ3n) is 5.79. The molecule has 2 heterocycles. The van der Waals surface area contributed by atoms with Crippen molar-refractivity contribution in [1.29, 1.82) is 0 Å². The number of alkyl carbamates (subject to hydrolysis) is 1. The number of benzene rings is 2. The Morgan fingerprint density at radius 1 is 1.03 bits per heavy atom. The Hall–Kier alpha value is -2.61. The fraction of sp³-hybridized carbons (Fsp3) is 0.423. The molecule has 0 atom stereocenters. The molecule has 1 aliphatic rings. The lowest BCUT2D eigenvalue weighted by molar-refractivity contribution is 0.0925. The molecule has 1 saturated heterocycles. The van der Waals surface area contributed by atoms with Gasteiger partial charge in [0, 0.05) is 50.5 Å². The number of piperazine rings is 1. The Labute approximate surface area is 200 Å². The summed E-state index contributed by atoms with van der Waals surface area (Å²) in [5.74, 6) is 0.922. The Morgan fingerprint density at radius 2 is 1.76 bits per heavy atom. The van der Waals surface area contributed by atoms with Gasteiger partial charge in [-0.25, -0.2) is 4.79 Å². The molecule has 1 aliphatic heterocycles. The second-order valence-corrected chi connectivity index (χ2v) is 9.59. The summed E-state index contributed by atoms with van der Waals surface area (Å²) in [6.45, 7) is 10.7. The van der Waals surface area contributed by atoms with Gasteiger partial charge in [-0.05, 0) is 53.9 Å². The summed E-state index contributed by atoms with van der Waals surface area (Å²) in [5, 5.41) is 6.16. The molecule has 0 bridgehead atoms. The maximum absolute atomic E-state index is 12.1. The van der Waals surface area contributed by atoms with Crippen molar-refractivity contribution in [2.45, 2.75) is 33.0 Å². The normalized spacial score (nSPS) is 15.1. The number of ether oxygens (including phenoxy) is 2. The van der Waals surface area contributed by atoms with Crippen LogP contribution in [-0.2, 0) is 17.8 Å². The van der Waals surface area contributed by atoms with E-state index in [1.165, 1.54) is 15.6 Å². The number of fused-ring (bicyclic) bond motifs is 1. The van der Waals surface area contributed by atoms with E-state index in [2.05, 4.69) is 56.9 Å². The number of nitrogens with zero attached hydrogens (tertiary/aromatic N) is 2. The van der Waals surface area contributed by atoms with Gasteiger partial charge in [-0.2, -0.15) is 0 Å². The second-order valence-electron chi connectivity index (χ2n) is 8.67. The maximum Gasteiger partial charge on any atom is 0.407 e. The van der Waals surface area contributed by atoms with Crippen molar-refractivity contribution in [3.63, 3.8) is 0 Å². The molecule has 0 saturated carbocycles. The van der Waals surface area contributed by atoms with E-state index in [1.807, 2.05) is 26.0 Å². The number of rotatable bonds is 9. The van der Waals surface area contributed by atoms with Crippen molar-refractivity contribution < 1.29 is 14.3 Å². The first-order valence-corrected chi connectivity index (χ1v) is 12.5. The highest BCUT2D eigenvalue weighted by Gasteiger charge is 2.17. The molecule has 7 heteroatoms. The van der Waals surface area contributed by atoms with Crippen molar-refractivity contribution in [1.82, 2.24) is 15.1 Å². The summed E-state index contributed by atoms with van der Waals surface area (Å²) in [5.41, 5.74) is 2.43. The number of carbonyl (C=O) groups excluding carboxylic acids is 1. The molecule has 0 unspecified atom stereocenters. The molecule has 1 fully saturated rings. The molecule has 6 nitrogen and oxygen atoms in total. The van der Waals surface area contributed by atoms with Gasteiger partial charge in [0.25, 0.3) is 0 Å². The van der Waals surface area contributed by atoms with Gasteiger partial charge in [-0.1, -0.05) is 30.3 Å². The van der Waals surface area contributed by atoms with Crippen LogP contribution >= 0.6 is 11.3 Å². The fourth-order valence-corrected chi connectivity index (χ4v) is 4.99. The van der Waals surface area contributed by atoms with E-state index in [-0.39, 0.29) is 12.2 Å². The molecule has 3 aromatic rings. The van der Waals surface area contributed by atoms with E-state index in [9.17, 15) is 4.79 Å². The predicted octanol–water partition coefficient (Wildman–Crippen LogP) is 4.73. The van der Waals surface area contributed by atoms with Crippen molar-refractivity contribution in [3.05, 3.63) is 65.0 Å². The first kappa shape index (κ1) is 23.5. The molecule has 176 valence electrons. The third kappa shape index (κ3) is 6.93. The van der Waals surface area contributed by atoms with Crippen LogP contribution in [0.3, 0.4) is 0 Å². The van der Waals surface area contributed by atoms with Crippen LogP contribution < -0.4 is 10.1 Å². The van der Waals surface area contributed by atoms with Gasteiger partial charge >= 0.3 is 6.09 Å². The summed E-state index contributed by atoms with van der Waals surface area (Å²) in [7, 11) is 0. The monoisotopic (exact) mass is 467 g/mol. The predicted molar refractivity (Wildman–Crippen MR) is 134 cm³/mol. The number of hydrogen-bond donors (Lipinski definition) is 1. The summed E-state index contributed by atoms with van der Waals surface area (Å²) >= 11 is 1.70. The Bertz CT molecular complexity index is 1030. The van der Waals surface area contributed by atoms with Gasteiger partial charge in [-0.15, -0.1) is 11.3 Å². The number of amides is 1. The minimum absolute atomic E-state index is 0.195. The summed E-state index contributed by atoms with van der Waals surface area (Å²) in [6, 6.07) is 16.6. The molecule has 2 aromatic carbocycles. The van der Waals surface area contributed by atoms with E-state index in [4.69, 9.17) is 9.47 Å². The van der Waals surface area contributed by atoms with Crippen molar-refractivity contribution in [3.8, 4) is 5.75 Å². The molecule has 0 spiro atoms. The van der Waals surface area contributed by atoms with Gasteiger partial charge in [0.2, 0.25) is 0 Å². The van der Waals surface area contributed by atoms with E-state index in [1.54, 1.807) is 11.3 Å². The lowest BCUT2D eigenvalue weighted by Gasteiger charge is -2.34. The van der Waals surface area contributed by atoms with Crippen molar-refractivity contribution in [2.75, 3.05) is 39.3 Å². The van der Waals surface area contributed by atoms with E-state index < -0.39 is 0 Å². The van der Waals surface area contributed by atoms with Crippen LogP contribution in [0.5, 0.6) is 5.75 Å². The van der Waals surface area contributed by atoms with Gasteiger partial charge < -0.3 is 14.8 Å². The highest BCUT2D eigenvalue weighted by atomic mass is 32.1. The summed E-state index contributed by atoms with van der Waals surface area (Å²) in [4.78, 5) is 16.9. The van der Waals surface area contributed by atoms with Crippen LogP contribution in [0.4, 0.5) is 4.79 Å². The highest BCUT2D eigenvalue weighted by molar-refractivity contribution is 7.17. The lowest BCUT2D eigenvalue weighted by atomic mass is 10.2. The largest absolute Gasteiger partial charge is 0.491 e. The van der Waals surface area contributed by atoms with E-state index >= 15 is 0 Å². The Kier molecular flexibility index (Phi) is 8.20. The Balaban J connectivity index is 1.11. The van der Waals surface area contributed by atoms with Crippen LogP contribution in [0.1, 0.15) is 25.0 Å². The first-order valence-electron chi connectivity index (χ1n) is 11.6. The number of nitrogens with one attached hydrogen (secondary N) is 1. The minimum atomic E-state index is -0.353. The van der Waals surface area contributed by atoms with Gasteiger partial charge in [0.15, 0.2) is 0 Å². The zero-order valence-corrected chi connectivity index (χ0v) is 20.3. The zero-order valence-electron chi connectivity index (χ0n) is 19.5. The summed E-state index contributed by atoms with van der Waals surface area (Å²) in [6.07, 6.45) is -0.158. The van der Waals surface area contributed by atoms with Gasteiger partial charge in [0.05, 0.1) is 6.10 Å². The van der Waals surface area contributed by atoms with Crippen LogP contribution in [0.15, 0.2) is 53.9 Å². The summed E-state index contributed by atoms with van der Waals surface area (Å²) < 4.78 is 12.4. The molecule has 0 radical (unpaired) electrons. The molecule has 4 rings (SSSR count). The fourth-order valence-electron chi connectivity index (χ4n) is 4.03. The van der Waals surface area contributed by atoms with E-state index in [0.29, 0.717) is 13.2 Å². The quantitative estimate of drug-likeness (QED) is 0.493. The van der Waals surface area contributed by atoms with Crippen LogP contribution in [-0.4, -0.2) is 61.3 Å². The van der Waals surface area contributed by atoms with Gasteiger partial charge in [-0.3, -0.25) is 9.80 Å². The molecule has 1 amide bonds. The highest BCUT2D eigenvalue weighted by Crippen LogP contribution is 2.25. The first-order chi connectivity index (χ1) is 16.1. The molecular formula is C26H33N3O3S. The van der Waals surface area contributed by atoms with Crippen LogP contribution in [0.25, 0.3) is 10.1 Å². The lowest BCUT2D eigenvalue weighted by Crippen LogP contribution is -2.47. The molecule has 1 N–H and O–H groups in total. The molecule has 0 aliphatic carbocycles. The van der Waals surface area contributed by atoms with Crippen LogP contribution in [0.2, 0.25) is 0 Å². The minimum Gasteiger partial charge on any atom is -0.491 e. The standard InChI is InChI=1S/C26H33N3O3S/c1-20(2)32-23-9-7-21(8-10-23)18-29-13-11-28(12-14-29)15-16-31-26(30)27-17-22-19-33-25-6-4-3-5-24(22)25/h3-10,19-20H,11-18H2,1-2H3,(H,27,30). The number of carbonyl (C=O) groups is 1. The SMILES string of the molecule is CC(C)Oc1ccc(CN2CCN(CCOC(=O)NCc3csc4ccccc34)CC2)cc1. The third-order valence-corrected chi connectivity index (χ3v) is 6.80. The topological polar surface area (TPSA) is 54.0 Å². The molecule has 1 aromatic heterocycles. The van der Waals surface area contributed by atoms with Crippen LogP contribution in [0, 0.1) is 0 Å². The average Bonchev–Trinajstić information content (AvgIpc) is 3.23.